The molecule has 0 N–H and O–H groups in total. The highest BCUT2D eigenvalue weighted by atomic mass is 32.1. The summed E-state index contributed by atoms with van der Waals surface area (Å²) in [6.45, 7) is 11.6. The molecule has 4 atom stereocenters. The minimum absolute atomic E-state index is 0.0695. The second-order valence-corrected chi connectivity index (χ2v) is 6.14. The molecule has 84 valence electrons. The fourth-order valence-electron chi connectivity index (χ4n) is 2.14. The van der Waals surface area contributed by atoms with Crippen LogP contribution in [0.5, 0.6) is 0 Å². The van der Waals surface area contributed by atoms with Crippen LogP contribution in [0.1, 0.15) is 12.8 Å². The molecule has 0 radical (unpaired) electrons. The van der Waals surface area contributed by atoms with Gasteiger partial charge in [0, 0.05) is 10.00 Å². The van der Waals surface area contributed by atoms with Crippen molar-refractivity contribution in [1.29, 1.82) is 0 Å². The van der Waals surface area contributed by atoms with Crippen molar-refractivity contribution in [2.45, 2.75) is 27.6 Å². The van der Waals surface area contributed by atoms with Crippen LogP contribution in [0.25, 0.3) is 0 Å². The van der Waals surface area contributed by atoms with E-state index in [1.54, 1.807) is 0 Å². The van der Waals surface area contributed by atoms with Crippen LogP contribution in [0.2, 0.25) is 0 Å². The first-order valence-corrected chi connectivity index (χ1v) is 6.39. The Kier molecular flexibility index (Phi) is 4.13. The Bertz CT molecular complexity index is 287. The third kappa shape index (κ3) is 1.94. The molecule has 4 unspecified atom stereocenters. The molecule has 1 aliphatic rings. The molecule has 0 aliphatic heterocycles. The number of hydrogen-bond acceptors (Lipinski definition) is 3. The molecule has 0 aromatic rings. The van der Waals surface area contributed by atoms with Crippen LogP contribution in [0.15, 0.2) is 38.0 Å². The molecule has 0 amide bonds. The van der Waals surface area contributed by atoms with E-state index in [0.717, 1.165) is 12.8 Å². The van der Waals surface area contributed by atoms with E-state index in [0.29, 0.717) is 5.92 Å². The molecule has 15 heavy (non-hydrogen) atoms. The third-order valence-electron chi connectivity index (χ3n) is 3.36. The van der Waals surface area contributed by atoms with Crippen molar-refractivity contribution < 1.29 is 0 Å². The van der Waals surface area contributed by atoms with Gasteiger partial charge in [-0.15, -0.1) is 19.7 Å². The van der Waals surface area contributed by atoms with E-state index in [4.69, 9.17) is 25.3 Å². The Hall–Kier alpha value is 0.270. The molecule has 3 heteroatoms. The van der Waals surface area contributed by atoms with E-state index < -0.39 is 4.75 Å². The van der Waals surface area contributed by atoms with Gasteiger partial charge in [-0.1, -0.05) is 18.2 Å². The monoisotopic (exact) mass is 258 g/mol. The molecular formula is C12H18S3. The van der Waals surface area contributed by atoms with Crippen LogP contribution in [0.4, 0.5) is 0 Å². The van der Waals surface area contributed by atoms with Crippen molar-refractivity contribution in [1.82, 2.24) is 0 Å². The normalized spacial score (nSPS) is 45.8. The van der Waals surface area contributed by atoms with E-state index in [-0.39, 0.29) is 10.00 Å². The Balaban J connectivity index is 3.14. The summed E-state index contributed by atoms with van der Waals surface area (Å²) in [6.07, 6.45) is 7.57. The molecule has 0 aromatic heterocycles. The van der Waals surface area contributed by atoms with Crippen molar-refractivity contribution in [3.05, 3.63) is 38.0 Å². The lowest BCUT2D eigenvalue weighted by Gasteiger charge is -2.51. The lowest BCUT2D eigenvalue weighted by molar-refractivity contribution is 0.360. The number of hydrogen-bond donors (Lipinski definition) is 3. The van der Waals surface area contributed by atoms with Gasteiger partial charge in [-0.25, -0.2) is 0 Å². The minimum Gasteiger partial charge on any atom is -0.173 e. The van der Waals surface area contributed by atoms with Crippen LogP contribution in [-0.2, 0) is 0 Å². The maximum atomic E-state index is 4.73. The number of rotatable bonds is 3. The Morgan fingerprint density at radius 3 is 2.13 bits per heavy atom. The summed E-state index contributed by atoms with van der Waals surface area (Å²) in [7, 11) is 0. The lowest BCUT2D eigenvalue weighted by atomic mass is 9.72. The first kappa shape index (κ1) is 13.3. The highest BCUT2D eigenvalue weighted by Crippen LogP contribution is 2.51. The highest BCUT2D eigenvalue weighted by molar-refractivity contribution is 7.88. The first-order valence-electron chi connectivity index (χ1n) is 4.97. The second-order valence-electron chi connectivity index (χ2n) is 4.04. The molecule has 1 saturated carbocycles. The summed E-state index contributed by atoms with van der Waals surface area (Å²) in [5, 5.41) is 0.0695. The number of thiol groups is 3. The van der Waals surface area contributed by atoms with Crippen LogP contribution in [-0.4, -0.2) is 14.7 Å². The predicted molar refractivity (Wildman–Crippen MR) is 79.5 cm³/mol. The summed E-state index contributed by atoms with van der Waals surface area (Å²) in [6, 6.07) is 0. The molecule has 0 nitrogen and oxygen atoms in total. The quantitative estimate of drug-likeness (QED) is 0.500. The van der Waals surface area contributed by atoms with E-state index in [1.807, 2.05) is 18.2 Å². The van der Waals surface area contributed by atoms with Crippen molar-refractivity contribution in [3.63, 3.8) is 0 Å². The van der Waals surface area contributed by atoms with Crippen molar-refractivity contribution in [2.75, 3.05) is 0 Å². The second kappa shape index (κ2) is 4.64. The average molecular weight is 258 g/mol. The van der Waals surface area contributed by atoms with E-state index in [9.17, 15) is 0 Å². The van der Waals surface area contributed by atoms with Gasteiger partial charge in [-0.05, 0) is 18.8 Å². The SMILES string of the molecule is C=CC1CCC(S)(C=C)C(S)(C=C)C1S. The van der Waals surface area contributed by atoms with Gasteiger partial charge in [-0.3, -0.25) is 0 Å². The van der Waals surface area contributed by atoms with Gasteiger partial charge in [0.05, 0.1) is 4.75 Å². The molecule has 0 heterocycles. The van der Waals surface area contributed by atoms with Gasteiger partial charge in [0.15, 0.2) is 0 Å². The molecule has 1 fully saturated rings. The van der Waals surface area contributed by atoms with Crippen LogP contribution in [0, 0.1) is 5.92 Å². The summed E-state index contributed by atoms with van der Waals surface area (Å²) in [5.74, 6) is 0.351. The van der Waals surface area contributed by atoms with E-state index in [1.165, 1.54) is 0 Å². The molecule has 0 aromatic carbocycles. The zero-order valence-corrected chi connectivity index (χ0v) is 11.4. The van der Waals surface area contributed by atoms with Crippen molar-refractivity contribution in [3.8, 4) is 0 Å². The van der Waals surface area contributed by atoms with Crippen molar-refractivity contribution in [2.24, 2.45) is 5.92 Å². The summed E-state index contributed by atoms with van der Waals surface area (Å²) >= 11 is 14.1. The van der Waals surface area contributed by atoms with Gasteiger partial charge >= 0.3 is 0 Å². The maximum absolute atomic E-state index is 4.73. The van der Waals surface area contributed by atoms with Crippen molar-refractivity contribution >= 4 is 37.9 Å². The van der Waals surface area contributed by atoms with Crippen LogP contribution >= 0.6 is 37.9 Å². The van der Waals surface area contributed by atoms with Gasteiger partial charge in [-0.2, -0.15) is 37.9 Å². The lowest BCUT2D eigenvalue weighted by Crippen LogP contribution is -2.55. The van der Waals surface area contributed by atoms with Gasteiger partial charge in [0.1, 0.15) is 0 Å². The Morgan fingerprint density at radius 1 is 1.13 bits per heavy atom. The molecule has 1 rings (SSSR count). The van der Waals surface area contributed by atoms with Crippen LogP contribution < -0.4 is 0 Å². The summed E-state index contributed by atoms with van der Waals surface area (Å²) < 4.78 is -0.790. The average Bonchev–Trinajstić information content (AvgIpc) is 2.26. The zero-order chi connectivity index (χ0) is 11.7. The van der Waals surface area contributed by atoms with E-state index in [2.05, 4.69) is 32.4 Å². The molecule has 1 aliphatic carbocycles. The fraction of sp³-hybridized carbons (Fsp3) is 0.500. The molecule has 0 bridgehead atoms. The molecule has 0 saturated heterocycles. The van der Waals surface area contributed by atoms with Gasteiger partial charge < -0.3 is 0 Å². The Morgan fingerprint density at radius 2 is 1.73 bits per heavy atom. The largest absolute Gasteiger partial charge is 0.173 e. The van der Waals surface area contributed by atoms with Gasteiger partial charge in [0.25, 0.3) is 0 Å². The fourth-order valence-corrected chi connectivity index (χ4v) is 3.60. The van der Waals surface area contributed by atoms with E-state index >= 15 is 0 Å². The molecule has 0 spiro atoms. The topological polar surface area (TPSA) is 0 Å². The molecular weight excluding hydrogens is 240 g/mol. The summed E-state index contributed by atoms with van der Waals surface area (Å²) in [4.78, 5) is 0. The van der Waals surface area contributed by atoms with Crippen LogP contribution in [0.3, 0.4) is 0 Å². The first-order chi connectivity index (χ1) is 6.95. The van der Waals surface area contributed by atoms with Gasteiger partial charge in [0.2, 0.25) is 0 Å². The highest BCUT2D eigenvalue weighted by Gasteiger charge is 2.51. The predicted octanol–water partition coefficient (Wildman–Crippen LogP) is 3.59. The zero-order valence-electron chi connectivity index (χ0n) is 8.76. The third-order valence-corrected chi connectivity index (χ3v) is 6.17. The Labute approximate surface area is 109 Å². The minimum atomic E-state index is -0.446. The smallest absolute Gasteiger partial charge is 0.0606 e. The standard InChI is InChI=1S/C12H18S3/c1-4-9-7-8-11(14,5-2)12(15,6-3)10(9)13/h4-6,9-10,13-15H,1-3,7-8H2. The summed E-state index contributed by atoms with van der Waals surface area (Å²) in [5.41, 5.74) is 0. The number of allylic oxidation sites excluding steroid dienone is 1. The maximum Gasteiger partial charge on any atom is 0.0606 e.